The highest BCUT2D eigenvalue weighted by molar-refractivity contribution is 7.19. The van der Waals surface area contributed by atoms with Crippen LogP contribution in [0.15, 0.2) is 42.7 Å². The molecule has 0 saturated carbocycles. The molecule has 4 aromatic rings. The Morgan fingerprint density at radius 1 is 1.05 bits per heavy atom. The van der Waals surface area contributed by atoms with Gasteiger partial charge in [-0.25, -0.2) is 23.4 Å². The third kappa shape index (κ3) is 5.03. The number of alkyl halides is 3. The molecule has 1 fully saturated rings. The molecule has 40 heavy (non-hydrogen) atoms. The van der Waals surface area contributed by atoms with Crippen molar-refractivity contribution in [3.63, 3.8) is 0 Å². The van der Waals surface area contributed by atoms with Crippen LogP contribution in [-0.2, 0) is 6.42 Å². The molecule has 0 radical (unpaired) electrons. The van der Waals surface area contributed by atoms with Crippen molar-refractivity contribution in [1.82, 2.24) is 24.6 Å². The van der Waals surface area contributed by atoms with E-state index in [2.05, 4.69) is 10.1 Å². The number of hydrogen-bond donors (Lipinski definition) is 0. The molecule has 0 unspecified atom stereocenters. The van der Waals surface area contributed by atoms with Gasteiger partial charge in [0.2, 0.25) is 0 Å². The van der Waals surface area contributed by atoms with Crippen LogP contribution in [0.1, 0.15) is 19.4 Å². The summed E-state index contributed by atoms with van der Waals surface area (Å²) in [6.07, 6.45) is -2.33. The second kappa shape index (κ2) is 10.1. The van der Waals surface area contributed by atoms with Gasteiger partial charge < -0.3 is 9.64 Å². The predicted molar refractivity (Wildman–Crippen MR) is 141 cm³/mol. The van der Waals surface area contributed by atoms with E-state index in [4.69, 9.17) is 9.72 Å². The minimum atomic E-state index is -4.26. The topological polar surface area (TPSA) is 59.3 Å². The number of piperazine rings is 1. The molecule has 0 bridgehead atoms. The summed E-state index contributed by atoms with van der Waals surface area (Å²) in [6, 6.07) is 8.29. The minimum Gasteiger partial charge on any atom is -0.491 e. The van der Waals surface area contributed by atoms with Crippen molar-refractivity contribution in [2.45, 2.75) is 38.5 Å². The zero-order valence-electron chi connectivity index (χ0n) is 21.6. The number of pyridine rings is 1. The average Bonchev–Trinajstić information content (AvgIpc) is 3.50. The lowest BCUT2D eigenvalue weighted by Gasteiger charge is -2.45. The van der Waals surface area contributed by atoms with Gasteiger partial charge in [-0.1, -0.05) is 0 Å². The lowest BCUT2D eigenvalue weighted by Crippen LogP contribution is -2.59. The van der Waals surface area contributed by atoms with Gasteiger partial charge in [-0.05, 0) is 49.7 Å². The quantitative estimate of drug-likeness (QED) is 0.289. The number of anilines is 1. The van der Waals surface area contributed by atoms with E-state index in [1.807, 2.05) is 23.1 Å². The number of rotatable bonds is 4. The number of nitrogens with zero attached hydrogens (tertiary/aromatic N) is 6. The molecule has 5 heterocycles. The SMILES string of the molecule is C[C@@H]1CN(c2ccc3c(n2)-c2sc(-c4ncnn4-c4ccc(F)cc4F)cc2CCO3)C[C@H](C)N1CC(F)(F)F. The molecule has 7 nitrogen and oxygen atoms in total. The third-order valence-corrected chi connectivity index (χ3v) is 8.37. The van der Waals surface area contributed by atoms with Crippen molar-refractivity contribution >= 4 is 17.2 Å². The average molecular weight is 577 g/mol. The maximum Gasteiger partial charge on any atom is 0.401 e. The molecule has 210 valence electrons. The maximum absolute atomic E-state index is 14.6. The first-order valence-electron chi connectivity index (χ1n) is 12.8. The lowest BCUT2D eigenvalue weighted by molar-refractivity contribution is -0.156. The molecule has 6 rings (SSSR count). The van der Waals surface area contributed by atoms with Crippen LogP contribution >= 0.6 is 11.3 Å². The fraction of sp³-hybridized carbons (Fsp3) is 0.370. The van der Waals surface area contributed by atoms with Crippen LogP contribution in [0.4, 0.5) is 27.8 Å². The summed E-state index contributed by atoms with van der Waals surface area (Å²) in [4.78, 5) is 14.4. The summed E-state index contributed by atoms with van der Waals surface area (Å²) in [5.74, 6) is 0.236. The van der Waals surface area contributed by atoms with Gasteiger partial charge >= 0.3 is 6.18 Å². The molecular weight excluding hydrogens is 551 g/mol. The van der Waals surface area contributed by atoms with Gasteiger partial charge in [0.15, 0.2) is 11.6 Å². The maximum atomic E-state index is 14.6. The molecule has 13 heteroatoms. The normalized spacial score (nSPS) is 19.6. The zero-order valence-corrected chi connectivity index (χ0v) is 22.4. The van der Waals surface area contributed by atoms with Gasteiger partial charge in [-0.2, -0.15) is 18.3 Å². The molecule has 0 amide bonds. The Morgan fingerprint density at radius 3 is 2.55 bits per heavy atom. The van der Waals surface area contributed by atoms with Crippen molar-refractivity contribution in [2.24, 2.45) is 0 Å². The largest absolute Gasteiger partial charge is 0.491 e. The molecular formula is C27H25F5N6OS. The fourth-order valence-corrected chi connectivity index (χ4v) is 6.58. The van der Waals surface area contributed by atoms with Gasteiger partial charge in [-0.15, -0.1) is 11.3 Å². The van der Waals surface area contributed by atoms with Crippen LogP contribution in [0.2, 0.25) is 0 Å². The number of hydrogen-bond acceptors (Lipinski definition) is 7. The van der Waals surface area contributed by atoms with Crippen molar-refractivity contribution in [2.75, 3.05) is 31.1 Å². The first-order chi connectivity index (χ1) is 19.1. The van der Waals surface area contributed by atoms with E-state index in [9.17, 15) is 22.0 Å². The minimum absolute atomic E-state index is 0.0783. The van der Waals surface area contributed by atoms with Gasteiger partial charge in [0.1, 0.15) is 35.1 Å². The summed E-state index contributed by atoms with van der Waals surface area (Å²) in [7, 11) is 0. The third-order valence-electron chi connectivity index (χ3n) is 7.19. The highest BCUT2D eigenvalue weighted by atomic mass is 32.1. The van der Waals surface area contributed by atoms with Crippen molar-refractivity contribution < 1.29 is 26.7 Å². The molecule has 2 aliphatic heterocycles. The Morgan fingerprint density at radius 2 is 1.82 bits per heavy atom. The highest BCUT2D eigenvalue weighted by Gasteiger charge is 2.38. The van der Waals surface area contributed by atoms with Crippen LogP contribution in [0.25, 0.3) is 27.0 Å². The molecule has 0 aliphatic carbocycles. The van der Waals surface area contributed by atoms with Gasteiger partial charge in [0.25, 0.3) is 0 Å². The van der Waals surface area contributed by atoms with Gasteiger partial charge in [-0.3, -0.25) is 4.90 Å². The van der Waals surface area contributed by atoms with Crippen LogP contribution in [-0.4, -0.2) is 69.1 Å². The van der Waals surface area contributed by atoms with E-state index in [0.717, 1.165) is 27.5 Å². The molecule has 2 atom stereocenters. The van der Waals surface area contributed by atoms with E-state index in [0.29, 0.717) is 49.2 Å². The number of ether oxygens (including phenoxy) is 1. The summed E-state index contributed by atoms with van der Waals surface area (Å²) >= 11 is 1.42. The summed E-state index contributed by atoms with van der Waals surface area (Å²) in [5, 5.41) is 4.17. The van der Waals surface area contributed by atoms with E-state index < -0.39 is 24.4 Å². The summed E-state index contributed by atoms with van der Waals surface area (Å²) in [5.41, 5.74) is 1.70. The van der Waals surface area contributed by atoms with Crippen LogP contribution in [0, 0.1) is 11.6 Å². The van der Waals surface area contributed by atoms with Gasteiger partial charge in [0.05, 0.1) is 22.9 Å². The zero-order chi connectivity index (χ0) is 28.2. The van der Waals surface area contributed by atoms with E-state index in [1.54, 1.807) is 13.8 Å². The van der Waals surface area contributed by atoms with Crippen LogP contribution in [0.5, 0.6) is 5.75 Å². The van der Waals surface area contributed by atoms with Gasteiger partial charge in [0, 0.05) is 37.7 Å². The van der Waals surface area contributed by atoms with E-state index >= 15 is 0 Å². The molecule has 0 spiro atoms. The first kappa shape index (κ1) is 26.6. The monoisotopic (exact) mass is 576 g/mol. The number of thiophene rings is 1. The van der Waals surface area contributed by atoms with Crippen LogP contribution < -0.4 is 9.64 Å². The molecule has 1 saturated heterocycles. The smallest absolute Gasteiger partial charge is 0.401 e. The molecule has 3 aromatic heterocycles. The second-order valence-corrected chi connectivity index (χ2v) is 11.1. The lowest BCUT2D eigenvalue weighted by atomic mass is 10.1. The second-order valence-electron chi connectivity index (χ2n) is 10.1. The number of fused-ring (bicyclic) bond motifs is 3. The Kier molecular flexibility index (Phi) is 6.73. The Hall–Kier alpha value is -3.58. The molecule has 1 aromatic carbocycles. The van der Waals surface area contributed by atoms with Crippen molar-refractivity contribution in [3.05, 3.63) is 59.9 Å². The summed E-state index contributed by atoms with van der Waals surface area (Å²) < 4.78 is 74.7. The van der Waals surface area contributed by atoms with Crippen molar-refractivity contribution in [1.29, 1.82) is 0 Å². The highest BCUT2D eigenvalue weighted by Crippen LogP contribution is 2.43. The fourth-order valence-electron chi connectivity index (χ4n) is 5.39. The number of aromatic nitrogens is 4. The van der Waals surface area contributed by atoms with E-state index in [-0.39, 0.29) is 17.8 Å². The van der Waals surface area contributed by atoms with E-state index in [1.165, 1.54) is 33.3 Å². The summed E-state index contributed by atoms with van der Waals surface area (Å²) in [6.45, 7) is 3.89. The number of halogens is 5. The Labute approximate surface area is 230 Å². The Balaban J connectivity index is 1.33. The number of benzene rings is 1. The molecule has 0 N–H and O–H groups in total. The Bertz CT molecular complexity index is 1540. The predicted octanol–water partition coefficient (Wildman–Crippen LogP) is 5.73. The standard InChI is InChI=1S/C27H25F5N6OS/c1-15-11-36(12-16(2)37(15)13-27(30,31)32)23-6-5-21-24(35-23)25-17(7-8-39-21)9-22(40-25)26-33-14-34-38(26)20-4-3-18(28)10-19(20)29/h3-6,9-10,14-16H,7-8,11-13H2,1-2H3/t15-,16+. The van der Waals surface area contributed by atoms with Crippen LogP contribution in [0.3, 0.4) is 0 Å². The van der Waals surface area contributed by atoms with Crippen molar-refractivity contribution in [3.8, 4) is 32.7 Å². The molecule has 2 aliphatic rings. The first-order valence-corrected chi connectivity index (χ1v) is 13.6.